The lowest BCUT2D eigenvalue weighted by Crippen LogP contribution is -2.61. The lowest BCUT2D eigenvalue weighted by atomic mass is 9.40. The van der Waals surface area contributed by atoms with Crippen LogP contribution in [0.25, 0.3) is 0 Å². The molecular formula is C17H30O. The number of rotatable bonds is 0. The maximum Gasteiger partial charge on any atom is 0.0714 e. The SMILES string of the molecule is CC1(C)CCC[C@@]2(C)C1CC[C@@]1(C)OCC[C@@]12C. The third-order valence-corrected chi connectivity index (χ3v) is 7.59. The van der Waals surface area contributed by atoms with E-state index in [4.69, 9.17) is 4.74 Å². The molecule has 0 bridgehead atoms. The van der Waals surface area contributed by atoms with Gasteiger partial charge < -0.3 is 4.74 Å². The van der Waals surface area contributed by atoms with Crippen molar-refractivity contribution in [3.63, 3.8) is 0 Å². The summed E-state index contributed by atoms with van der Waals surface area (Å²) in [5, 5.41) is 0. The molecule has 2 saturated carbocycles. The molecule has 1 unspecified atom stereocenters. The van der Waals surface area contributed by atoms with Crippen molar-refractivity contribution >= 4 is 0 Å². The van der Waals surface area contributed by atoms with E-state index in [1.807, 2.05) is 0 Å². The van der Waals surface area contributed by atoms with Crippen LogP contribution in [0.3, 0.4) is 0 Å². The number of ether oxygens (including phenoxy) is 1. The predicted octanol–water partition coefficient (Wildman–Crippen LogP) is 4.80. The first kappa shape index (κ1) is 13.0. The molecule has 0 radical (unpaired) electrons. The summed E-state index contributed by atoms with van der Waals surface area (Å²) in [6.07, 6.45) is 8.15. The van der Waals surface area contributed by atoms with E-state index in [-0.39, 0.29) is 5.60 Å². The van der Waals surface area contributed by atoms with Gasteiger partial charge in [0.25, 0.3) is 0 Å². The Morgan fingerprint density at radius 2 is 1.61 bits per heavy atom. The summed E-state index contributed by atoms with van der Waals surface area (Å²) in [6.45, 7) is 13.5. The number of hydrogen-bond acceptors (Lipinski definition) is 1. The second-order valence-electron chi connectivity index (χ2n) is 8.51. The van der Waals surface area contributed by atoms with Crippen molar-refractivity contribution in [1.29, 1.82) is 0 Å². The summed E-state index contributed by atoms with van der Waals surface area (Å²) in [6, 6.07) is 0. The highest BCUT2D eigenvalue weighted by molar-refractivity contribution is 5.15. The van der Waals surface area contributed by atoms with E-state index in [0.717, 1.165) is 12.5 Å². The van der Waals surface area contributed by atoms with Crippen molar-refractivity contribution in [2.75, 3.05) is 6.61 Å². The molecule has 0 amide bonds. The highest BCUT2D eigenvalue weighted by Gasteiger charge is 2.66. The molecule has 3 aliphatic rings. The Labute approximate surface area is 113 Å². The van der Waals surface area contributed by atoms with E-state index in [0.29, 0.717) is 16.2 Å². The molecule has 104 valence electrons. The number of hydrogen-bond donors (Lipinski definition) is 0. The zero-order valence-electron chi connectivity index (χ0n) is 12.9. The molecule has 0 aromatic heterocycles. The molecule has 0 aromatic carbocycles. The third kappa shape index (κ3) is 1.32. The van der Waals surface area contributed by atoms with Gasteiger partial charge in [-0.15, -0.1) is 0 Å². The third-order valence-electron chi connectivity index (χ3n) is 7.59. The maximum atomic E-state index is 6.23. The average Bonchev–Trinajstić information content (AvgIpc) is 2.55. The second kappa shape index (κ2) is 3.53. The van der Waals surface area contributed by atoms with Crippen molar-refractivity contribution in [1.82, 2.24) is 0 Å². The Hall–Kier alpha value is -0.0400. The molecule has 0 N–H and O–H groups in total. The van der Waals surface area contributed by atoms with Gasteiger partial charge in [-0.2, -0.15) is 0 Å². The highest BCUT2D eigenvalue weighted by atomic mass is 16.5. The van der Waals surface area contributed by atoms with Crippen molar-refractivity contribution in [3.8, 4) is 0 Å². The van der Waals surface area contributed by atoms with Crippen molar-refractivity contribution in [2.45, 2.75) is 78.7 Å². The smallest absolute Gasteiger partial charge is 0.0714 e. The second-order valence-corrected chi connectivity index (χ2v) is 8.51. The van der Waals surface area contributed by atoms with E-state index in [9.17, 15) is 0 Å². The zero-order valence-corrected chi connectivity index (χ0v) is 12.9. The minimum atomic E-state index is 0.145. The van der Waals surface area contributed by atoms with Gasteiger partial charge in [-0.3, -0.25) is 0 Å². The van der Waals surface area contributed by atoms with Crippen LogP contribution in [0.2, 0.25) is 0 Å². The summed E-state index contributed by atoms with van der Waals surface area (Å²) < 4.78 is 6.23. The summed E-state index contributed by atoms with van der Waals surface area (Å²) in [4.78, 5) is 0. The molecule has 0 spiro atoms. The summed E-state index contributed by atoms with van der Waals surface area (Å²) in [7, 11) is 0. The summed E-state index contributed by atoms with van der Waals surface area (Å²) >= 11 is 0. The highest BCUT2D eigenvalue weighted by Crippen LogP contribution is 2.70. The molecule has 2 aliphatic carbocycles. The molecule has 3 fully saturated rings. The van der Waals surface area contributed by atoms with Gasteiger partial charge in [-0.05, 0) is 55.8 Å². The lowest BCUT2D eigenvalue weighted by Gasteiger charge is -2.65. The standard InChI is InChI=1S/C17H30O/c1-14(2)8-6-9-15(3)13(14)7-10-17(5)16(15,4)11-12-18-17/h13H,6-12H2,1-5H3/t13?,15-,16+,17+/m0/s1. The fourth-order valence-corrected chi connectivity index (χ4v) is 6.05. The quantitative estimate of drug-likeness (QED) is 0.600. The minimum absolute atomic E-state index is 0.145. The molecule has 1 aliphatic heterocycles. The molecule has 1 nitrogen and oxygen atoms in total. The molecule has 1 saturated heterocycles. The van der Waals surface area contributed by atoms with E-state index < -0.39 is 0 Å². The Bertz CT molecular complexity index is 361. The average molecular weight is 250 g/mol. The first-order valence-electron chi connectivity index (χ1n) is 7.89. The van der Waals surface area contributed by atoms with Gasteiger partial charge in [0.2, 0.25) is 0 Å². The van der Waals surface area contributed by atoms with Gasteiger partial charge in [0.15, 0.2) is 0 Å². The lowest BCUT2D eigenvalue weighted by molar-refractivity contribution is -0.196. The molecule has 3 rings (SSSR count). The molecule has 1 heterocycles. The van der Waals surface area contributed by atoms with Gasteiger partial charge in [0.1, 0.15) is 0 Å². The normalized spacial score (nSPS) is 54.8. The van der Waals surface area contributed by atoms with Crippen LogP contribution < -0.4 is 0 Å². The van der Waals surface area contributed by atoms with Crippen molar-refractivity contribution in [2.24, 2.45) is 22.2 Å². The van der Waals surface area contributed by atoms with Gasteiger partial charge >= 0.3 is 0 Å². The Morgan fingerprint density at radius 1 is 0.889 bits per heavy atom. The molecule has 0 aromatic rings. The van der Waals surface area contributed by atoms with Crippen LogP contribution in [0.15, 0.2) is 0 Å². The van der Waals surface area contributed by atoms with Crippen LogP contribution >= 0.6 is 0 Å². The monoisotopic (exact) mass is 250 g/mol. The largest absolute Gasteiger partial charge is 0.375 e. The first-order chi connectivity index (χ1) is 8.25. The van der Waals surface area contributed by atoms with E-state index >= 15 is 0 Å². The van der Waals surface area contributed by atoms with Gasteiger partial charge in [0.05, 0.1) is 5.60 Å². The van der Waals surface area contributed by atoms with E-state index in [1.165, 1.54) is 38.5 Å². The summed E-state index contributed by atoms with van der Waals surface area (Å²) in [5.41, 5.74) is 1.55. The van der Waals surface area contributed by atoms with Crippen LogP contribution in [-0.4, -0.2) is 12.2 Å². The van der Waals surface area contributed by atoms with Crippen LogP contribution in [0.5, 0.6) is 0 Å². The zero-order chi connectivity index (χ0) is 13.2. The fourth-order valence-electron chi connectivity index (χ4n) is 6.05. The van der Waals surface area contributed by atoms with Crippen LogP contribution in [0, 0.1) is 22.2 Å². The van der Waals surface area contributed by atoms with Crippen molar-refractivity contribution in [3.05, 3.63) is 0 Å². The molecule has 4 atom stereocenters. The fraction of sp³-hybridized carbons (Fsp3) is 1.00. The van der Waals surface area contributed by atoms with Crippen LogP contribution in [0.1, 0.15) is 73.1 Å². The van der Waals surface area contributed by atoms with Crippen LogP contribution in [0.4, 0.5) is 0 Å². The van der Waals surface area contributed by atoms with Gasteiger partial charge in [0, 0.05) is 12.0 Å². The minimum Gasteiger partial charge on any atom is -0.375 e. The van der Waals surface area contributed by atoms with E-state index in [2.05, 4.69) is 34.6 Å². The molecule has 1 heteroatoms. The first-order valence-corrected chi connectivity index (χ1v) is 7.89. The van der Waals surface area contributed by atoms with Gasteiger partial charge in [-0.1, -0.05) is 34.1 Å². The predicted molar refractivity (Wildman–Crippen MR) is 75.5 cm³/mol. The molecule has 18 heavy (non-hydrogen) atoms. The summed E-state index contributed by atoms with van der Waals surface area (Å²) in [5.74, 6) is 0.888. The van der Waals surface area contributed by atoms with Gasteiger partial charge in [-0.25, -0.2) is 0 Å². The maximum absolute atomic E-state index is 6.23. The molecular weight excluding hydrogens is 220 g/mol. The van der Waals surface area contributed by atoms with Crippen LogP contribution in [-0.2, 0) is 4.74 Å². The van der Waals surface area contributed by atoms with E-state index in [1.54, 1.807) is 0 Å². The van der Waals surface area contributed by atoms with Crippen molar-refractivity contribution < 1.29 is 4.74 Å². The Kier molecular flexibility index (Phi) is 2.55. The Balaban J connectivity index is 2.07. The topological polar surface area (TPSA) is 9.23 Å². The Morgan fingerprint density at radius 3 is 2.33 bits per heavy atom. The number of fused-ring (bicyclic) bond motifs is 3.